The predicted octanol–water partition coefficient (Wildman–Crippen LogP) is 2.98. The first-order chi connectivity index (χ1) is 8.02. The highest BCUT2D eigenvalue weighted by atomic mass is 35.5. The van der Waals surface area contributed by atoms with Gasteiger partial charge in [-0.05, 0) is 11.8 Å². The molecule has 0 fully saturated rings. The minimum atomic E-state index is 0.370. The summed E-state index contributed by atoms with van der Waals surface area (Å²) < 4.78 is 4.99. The molecule has 0 bridgehead atoms. The third-order valence-corrected chi connectivity index (χ3v) is 2.95. The van der Waals surface area contributed by atoms with Crippen LogP contribution in [0.5, 0.6) is 0 Å². The molecule has 0 aliphatic carbocycles. The van der Waals surface area contributed by atoms with Crippen LogP contribution in [0.25, 0.3) is 0 Å². The highest BCUT2D eigenvalue weighted by Crippen LogP contribution is 2.14. The molecule has 4 nitrogen and oxygen atoms in total. The largest absolute Gasteiger partial charge is 0.377 e. The van der Waals surface area contributed by atoms with E-state index >= 15 is 0 Å². The Morgan fingerprint density at radius 2 is 2.06 bits per heavy atom. The van der Waals surface area contributed by atoms with Crippen LogP contribution in [-0.2, 0) is 11.3 Å². The standard InChI is InChI=1S/C12H20ClN3O/c1-8(2)9(3)6-14-11-5-10(13)15-12(16-11)7-17-4/h5,8-9H,6-7H2,1-4H3,(H,14,15,16). The molecule has 0 aromatic carbocycles. The lowest BCUT2D eigenvalue weighted by molar-refractivity contribution is 0.178. The molecule has 0 amide bonds. The molecule has 1 unspecified atom stereocenters. The lowest BCUT2D eigenvalue weighted by Crippen LogP contribution is -2.17. The zero-order chi connectivity index (χ0) is 12.8. The van der Waals surface area contributed by atoms with Crippen LogP contribution in [0.3, 0.4) is 0 Å². The van der Waals surface area contributed by atoms with Crippen LogP contribution in [0.15, 0.2) is 6.07 Å². The minimum Gasteiger partial charge on any atom is -0.377 e. The van der Waals surface area contributed by atoms with Crippen molar-refractivity contribution in [3.63, 3.8) is 0 Å². The zero-order valence-corrected chi connectivity index (χ0v) is 11.6. The second-order valence-corrected chi connectivity index (χ2v) is 4.91. The molecular formula is C12H20ClN3O. The van der Waals surface area contributed by atoms with E-state index < -0.39 is 0 Å². The summed E-state index contributed by atoms with van der Waals surface area (Å²) in [5.74, 6) is 2.57. The molecular weight excluding hydrogens is 238 g/mol. The maximum atomic E-state index is 5.92. The van der Waals surface area contributed by atoms with Crippen molar-refractivity contribution < 1.29 is 4.74 Å². The van der Waals surface area contributed by atoms with Gasteiger partial charge in [0.25, 0.3) is 0 Å². The number of methoxy groups -OCH3 is 1. The first kappa shape index (κ1) is 14.2. The van der Waals surface area contributed by atoms with Crippen molar-refractivity contribution in [3.8, 4) is 0 Å². The number of nitrogens with zero attached hydrogens (tertiary/aromatic N) is 2. The Morgan fingerprint density at radius 1 is 1.35 bits per heavy atom. The predicted molar refractivity (Wildman–Crippen MR) is 70.2 cm³/mol. The summed E-state index contributed by atoms with van der Waals surface area (Å²) >= 11 is 5.92. The van der Waals surface area contributed by atoms with Crippen molar-refractivity contribution in [1.29, 1.82) is 0 Å². The van der Waals surface area contributed by atoms with Gasteiger partial charge in [-0.15, -0.1) is 0 Å². The molecule has 0 spiro atoms. The monoisotopic (exact) mass is 257 g/mol. The molecule has 1 aromatic heterocycles. The fraction of sp³-hybridized carbons (Fsp3) is 0.667. The summed E-state index contributed by atoms with van der Waals surface area (Å²) in [5, 5.41) is 3.71. The van der Waals surface area contributed by atoms with Gasteiger partial charge in [0, 0.05) is 19.7 Å². The highest BCUT2D eigenvalue weighted by Gasteiger charge is 2.08. The van der Waals surface area contributed by atoms with Gasteiger partial charge in [0.1, 0.15) is 17.6 Å². The van der Waals surface area contributed by atoms with Gasteiger partial charge in [-0.1, -0.05) is 32.4 Å². The van der Waals surface area contributed by atoms with Gasteiger partial charge in [-0.3, -0.25) is 0 Å². The number of hydrogen-bond acceptors (Lipinski definition) is 4. The Bertz CT molecular complexity index is 358. The second kappa shape index (κ2) is 6.77. The van der Waals surface area contributed by atoms with E-state index in [1.54, 1.807) is 13.2 Å². The number of anilines is 1. The fourth-order valence-electron chi connectivity index (χ4n) is 1.25. The number of aromatic nitrogens is 2. The summed E-state index contributed by atoms with van der Waals surface area (Å²) in [6.45, 7) is 7.86. The number of rotatable bonds is 6. The molecule has 1 heterocycles. The van der Waals surface area contributed by atoms with Gasteiger partial charge in [0.05, 0.1) is 0 Å². The number of halogens is 1. The number of ether oxygens (including phenoxy) is 1. The van der Waals surface area contributed by atoms with E-state index in [1.165, 1.54) is 0 Å². The van der Waals surface area contributed by atoms with Crippen LogP contribution in [0, 0.1) is 11.8 Å². The highest BCUT2D eigenvalue weighted by molar-refractivity contribution is 6.29. The third kappa shape index (κ3) is 4.88. The summed E-state index contributed by atoms with van der Waals surface area (Å²) in [4.78, 5) is 8.40. The first-order valence-electron chi connectivity index (χ1n) is 5.79. The van der Waals surface area contributed by atoms with Gasteiger partial charge in [0.15, 0.2) is 5.82 Å². The summed E-state index contributed by atoms with van der Waals surface area (Å²) in [7, 11) is 1.61. The molecule has 0 radical (unpaired) electrons. The van der Waals surface area contributed by atoms with Crippen LogP contribution in [0.2, 0.25) is 5.15 Å². The Morgan fingerprint density at radius 3 is 2.65 bits per heavy atom. The first-order valence-corrected chi connectivity index (χ1v) is 6.17. The Balaban J connectivity index is 2.64. The molecule has 1 aromatic rings. The lowest BCUT2D eigenvalue weighted by atomic mass is 9.98. The minimum absolute atomic E-state index is 0.370. The van der Waals surface area contributed by atoms with Crippen molar-refractivity contribution in [3.05, 3.63) is 17.0 Å². The molecule has 0 saturated carbocycles. The van der Waals surface area contributed by atoms with Crippen LogP contribution in [0.1, 0.15) is 26.6 Å². The van der Waals surface area contributed by atoms with Gasteiger partial charge < -0.3 is 10.1 Å². The van der Waals surface area contributed by atoms with Crippen LogP contribution in [-0.4, -0.2) is 23.6 Å². The van der Waals surface area contributed by atoms with E-state index in [0.29, 0.717) is 29.4 Å². The van der Waals surface area contributed by atoms with E-state index in [1.807, 2.05) is 0 Å². The second-order valence-electron chi connectivity index (χ2n) is 4.53. The number of nitrogens with one attached hydrogen (secondary N) is 1. The molecule has 1 rings (SSSR count). The molecule has 17 heavy (non-hydrogen) atoms. The average Bonchev–Trinajstić information content (AvgIpc) is 2.25. The average molecular weight is 258 g/mol. The smallest absolute Gasteiger partial charge is 0.158 e. The Hall–Kier alpha value is -0.870. The van der Waals surface area contributed by atoms with Gasteiger partial charge >= 0.3 is 0 Å². The topological polar surface area (TPSA) is 47.0 Å². The van der Waals surface area contributed by atoms with Gasteiger partial charge in [-0.25, -0.2) is 9.97 Å². The van der Waals surface area contributed by atoms with Gasteiger partial charge in [-0.2, -0.15) is 0 Å². The molecule has 5 heteroatoms. The van der Waals surface area contributed by atoms with E-state index in [-0.39, 0.29) is 0 Å². The summed E-state index contributed by atoms with van der Waals surface area (Å²) in [5.41, 5.74) is 0. The van der Waals surface area contributed by atoms with Crippen molar-refractivity contribution in [1.82, 2.24) is 9.97 Å². The molecule has 0 saturated heterocycles. The number of hydrogen-bond donors (Lipinski definition) is 1. The lowest BCUT2D eigenvalue weighted by Gasteiger charge is -2.16. The van der Waals surface area contributed by atoms with Crippen molar-refractivity contribution >= 4 is 17.4 Å². The zero-order valence-electron chi connectivity index (χ0n) is 10.8. The van der Waals surface area contributed by atoms with Crippen LogP contribution < -0.4 is 5.32 Å². The molecule has 1 atom stereocenters. The quantitative estimate of drug-likeness (QED) is 0.796. The van der Waals surface area contributed by atoms with Crippen molar-refractivity contribution in [2.45, 2.75) is 27.4 Å². The SMILES string of the molecule is COCc1nc(Cl)cc(NCC(C)C(C)C)n1. The third-order valence-electron chi connectivity index (χ3n) is 2.76. The molecule has 0 aliphatic rings. The van der Waals surface area contributed by atoms with Gasteiger partial charge in [0.2, 0.25) is 0 Å². The Labute approximate surface area is 108 Å². The fourth-order valence-corrected chi connectivity index (χ4v) is 1.45. The Kier molecular flexibility index (Phi) is 5.65. The molecule has 96 valence electrons. The van der Waals surface area contributed by atoms with Crippen molar-refractivity contribution in [2.75, 3.05) is 19.0 Å². The van der Waals surface area contributed by atoms with E-state index in [2.05, 4.69) is 36.1 Å². The van der Waals surface area contributed by atoms with E-state index in [9.17, 15) is 0 Å². The van der Waals surface area contributed by atoms with Crippen LogP contribution >= 0.6 is 11.6 Å². The van der Waals surface area contributed by atoms with E-state index in [0.717, 1.165) is 12.4 Å². The molecule has 0 aliphatic heterocycles. The molecule has 1 N–H and O–H groups in total. The normalized spacial score (nSPS) is 12.8. The maximum Gasteiger partial charge on any atom is 0.158 e. The van der Waals surface area contributed by atoms with E-state index in [4.69, 9.17) is 16.3 Å². The summed E-state index contributed by atoms with van der Waals surface area (Å²) in [6.07, 6.45) is 0. The maximum absolute atomic E-state index is 5.92. The van der Waals surface area contributed by atoms with Crippen LogP contribution in [0.4, 0.5) is 5.82 Å². The van der Waals surface area contributed by atoms with Crippen molar-refractivity contribution in [2.24, 2.45) is 11.8 Å². The summed E-state index contributed by atoms with van der Waals surface area (Å²) in [6, 6.07) is 1.73.